The van der Waals surface area contributed by atoms with Crippen LogP contribution in [0.2, 0.25) is 0 Å². The molecule has 0 radical (unpaired) electrons. The maximum absolute atomic E-state index is 12.4. The molecular weight excluding hydrogens is 374 g/mol. The van der Waals surface area contributed by atoms with E-state index in [1.807, 2.05) is 13.8 Å². The minimum Gasteiger partial charge on any atom is -0.492 e. The second kappa shape index (κ2) is 9.18. The third kappa shape index (κ3) is 4.80. The number of halogens is 1. The molecule has 1 aromatic rings. The van der Waals surface area contributed by atoms with Gasteiger partial charge < -0.3 is 14.8 Å². The fraction of sp³-hybridized carbons (Fsp3) is 0.556. The van der Waals surface area contributed by atoms with E-state index in [4.69, 9.17) is 9.47 Å². The summed E-state index contributed by atoms with van der Waals surface area (Å²) in [4.78, 5) is 24.4. The molecule has 2 rings (SSSR count). The molecule has 0 aromatic heterocycles. The van der Waals surface area contributed by atoms with Gasteiger partial charge in [-0.15, -0.1) is 0 Å². The number of ether oxygens (including phenoxy) is 2. The van der Waals surface area contributed by atoms with Gasteiger partial charge in [0.15, 0.2) is 5.78 Å². The van der Waals surface area contributed by atoms with Gasteiger partial charge in [-0.05, 0) is 44.4 Å². The van der Waals surface area contributed by atoms with E-state index in [0.29, 0.717) is 30.2 Å². The number of benzene rings is 1. The number of Topliss-reactive ketones (excluding diaryl/α,β-unsaturated/α-hetero) is 1. The van der Waals surface area contributed by atoms with Crippen LogP contribution in [0.4, 0.5) is 5.69 Å². The average molecular weight is 398 g/mol. The standard InChI is InChI=1S/C18H24BrNO4/c1-3-6-13(19)17(21)12-8-9-14(16(11-12)23-4-2)20-18(22)15-7-5-10-24-15/h8-9,11,13,15H,3-7,10H2,1-2H3,(H,20,22). The Morgan fingerprint density at radius 3 is 2.83 bits per heavy atom. The molecule has 1 saturated heterocycles. The molecule has 0 spiro atoms. The van der Waals surface area contributed by atoms with Crippen molar-refractivity contribution < 1.29 is 19.1 Å². The highest BCUT2D eigenvalue weighted by atomic mass is 79.9. The Labute approximate surface area is 151 Å². The van der Waals surface area contributed by atoms with Crippen LogP contribution in [0, 0.1) is 0 Å². The van der Waals surface area contributed by atoms with Crippen molar-refractivity contribution in [2.75, 3.05) is 18.5 Å². The molecule has 0 bridgehead atoms. The van der Waals surface area contributed by atoms with Crippen LogP contribution >= 0.6 is 15.9 Å². The van der Waals surface area contributed by atoms with Gasteiger partial charge in [-0.1, -0.05) is 29.3 Å². The highest BCUT2D eigenvalue weighted by molar-refractivity contribution is 9.10. The maximum Gasteiger partial charge on any atom is 0.253 e. The fourth-order valence-corrected chi connectivity index (χ4v) is 3.34. The Morgan fingerprint density at radius 2 is 2.21 bits per heavy atom. The van der Waals surface area contributed by atoms with Gasteiger partial charge in [0.2, 0.25) is 0 Å². The van der Waals surface area contributed by atoms with Crippen molar-refractivity contribution in [1.82, 2.24) is 0 Å². The van der Waals surface area contributed by atoms with Crippen LogP contribution in [-0.2, 0) is 9.53 Å². The van der Waals surface area contributed by atoms with Crippen LogP contribution < -0.4 is 10.1 Å². The minimum absolute atomic E-state index is 0.0230. The first-order valence-electron chi connectivity index (χ1n) is 8.44. The second-order valence-corrected chi connectivity index (χ2v) is 6.86. The van der Waals surface area contributed by atoms with E-state index in [1.165, 1.54) is 0 Å². The molecule has 1 heterocycles. The van der Waals surface area contributed by atoms with Crippen molar-refractivity contribution in [3.63, 3.8) is 0 Å². The van der Waals surface area contributed by atoms with Crippen LogP contribution in [-0.4, -0.2) is 35.8 Å². The molecule has 24 heavy (non-hydrogen) atoms. The van der Waals surface area contributed by atoms with E-state index < -0.39 is 6.10 Å². The van der Waals surface area contributed by atoms with Gasteiger partial charge >= 0.3 is 0 Å². The lowest BCUT2D eigenvalue weighted by atomic mass is 10.0. The summed E-state index contributed by atoms with van der Waals surface area (Å²) < 4.78 is 11.0. The Morgan fingerprint density at radius 1 is 1.42 bits per heavy atom. The topological polar surface area (TPSA) is 64.6 Å². The van der Waals surface area contributed by atoms with E-state index in [9.17, 15) is 9.59 Å². The summed E-state index contributed by atoms with van der Waals surface area (Å²) in [5, 5.41) is 2.85. The number of ketones is 1. The van der Waals surface area contributed by atoms with Crippen molar-refractivity contribution in [3.05, 3.63) is 23.8 Å². The van der Waals surface area contributed by atoms with Gasteiger partial charge in [-0.2, -0.15) is 0 Å². The zero-order valence-electron chi connectivity index (χ0n) is 14.1. The molecule has 2 atom stereocenters. The van der Waals surface area contributed by atoms with E-state index >= 15 is 0 Å². The Kier molecular flexibility index (Phi) is 7.24. The Balaban J connectivity index is 2.16. The van der Waals surface area contributed by atoms with E-state index in [1.54, 1.807) is 18.2 Å². The van der Waals surface area contributed by atoms with Crippen LogP contribution in [0.25, 0.3) is 0 Å². The fourth-order valence-electron chi connectivity index (χ4n) is 2.62. The number of carbonyl (C=O) groups excluding carboxylic acids is 2. The SMILES string of the molecule is CCCC(Br)C(=O)c1ccc(NC(=O)C2CCCO2)c(OCC)c1. The summed E-state index contributed by atoms with van der Waals surface area (Å²) in [7, 11) is 0. The molecule has 1 aliphatic heterocycles. The molecule has 132 valence electrons. The number of nitrogens with one attached hydrogen (secondary N) is 1. The van der Waals surface area contributed by atoms with Crippen molar-refractivity contribution in [2.24, 2.45) is 0 Å². The van der Waals surface area contributed by atoms with Gasteiger partial charge in [-0.3, -0.25) is 9.59 Å². The van der Waals surface area contributed by atoms with Crippen molar-refractivity contribution in [1.29, 1.82) is 0 Å². The van der Waals surface area contributed by atoms with Crippen molar-refractivity contribution >= 4 is 33.3 Å². The predicted octanol–water partition coefficient (Wildman–Crippen LogP) is 3.95. The molecule has 1 amide bonds. The Hall–Kier alpha value is -1.40. The quantitative estimate of drug-likeness (QED) is 0.532. The number of amides is 1. The number of hydrogen-bond donors (Lipinski definition) is 1. The molecule has 1 fully saturated rings. The minimum atomic E-state index is -0.405. The average Bonchev–Trinajstić information content (AvgIpc) is 3.11. The van der Waals surface area contributed by atoms with Gasteiger partial charge in [-0.25, -0.2) is 0 Å². The maximum atomic E-state index is 12.4. The molecule has 1 aromatic carbocycles. The molecule has 0 aliphatic carbocycles. The van der Waals surface area contributed by atoms with Crippen LogP contribution in [0.3, 0.4) is 0 Å². The number of alkyl halides is 1. The van der Waals surface area contributed by atoms with Gasteiger partial charge in [0.1, 0.15) is 11.9 Å². The second-order valence-electron chi connectivity index (χ2n) is 5.76. The molecule has 1 aliphatic rings. The van der Waals surface area contributed by atoms with Crippen LogP contribution in [0.15, 0.2) is 18.2 Å². The van der Waals surface area contributed by atoms with E-state index in [0.717, 1.165) is 25.7 Å². The van der Waals surface area contributed by atoms with Gasteiger partial charge in [0.05, 0.1) is 17.1 Å². The highest BCUT2D eigenvalue weighted by Gasteiger charge is 2.25. The zero-order valence-corrected chi connectivity index (χ0v) is 15.7. The lowest BCUT2D eigenvalue weighted by Gasteiger charge is -2.16. The molecule has 5 nitrogen and oxygen atoms in total. The van der Waals surface area contributed by atoms with Crippen LogP contribution in [0.5, 0.6) is 5.75 Å². The first kappa shape index (κ1) is 18.9. The lowest BCUT2D eigenvalue weighted by molar-refractivity contribution is -0.124. The smallest absolute Gasteiger partial charge is 0.253 e. The normalized spacial score (nSPS) is 18.2. The summed E-state index contributed by atoms with van der Waals surface area (Å²) >= 11 is 3.43. The number of anilines is 1. The molecule has 1 N–H and O–H groups in total. The monoisotopic (exact) mass is 397 g/mol. The third-order valence-corrected chi connectivity index (χ3v) is 4.75. The number of rotatable bonds is 8. The van der Waals surface area contributed by atoms with Gasteiger partial charge in [0.25, 0.3) is 5.91 Å². The number of hydrogen-bond acceptors (Lipinski definition) is 4. The first-order valence-corrected chi connectivity index (χ1v) is 9.36. The third-order valence-electron chi connectivity index (χ3n) is 3.87. The lowest BCUT2D eigenvalue weighted by Crippen LogP contribution is -2.27. The molecular formula is C18H24BrNO4. The Bertz CT molecular complexity index is 584. The summed E-state index contributed by atoms with van der Waals surface area (Å²) in [5.41, 5.74) is 1.14. The molecule has 0 saturated carbocycles. The van der Waals surface area contributed by atoms with Crippen molar-refractivity contribution in [2.45, 2.75) is 50.5 Å². The van der Waals surface area contributed by atoms with Crippen LogP contribution in [0.1, 0.15) is 49.9 Å². The largest absolute Gasteiger partial charge is 0.492 e. The molecule has 2 unspecified atom stereocenters. The van der Waals surface area contributed by atoms with E-state index in [-0.39, 0.29) is 16.5 Å². The predicted molar refractivity (Wildman–Crippen MR) is 97.2 cm³/mol. The summed E-state index contributed by atoms with van der Waals surface area (Å²) in [6.07, 6.45) is 2.93. The highest BCUT2D eigenvalue weighted by Crippen LogP contribution is 2.28. The summed E-state index contributed by atoms with van der Waals surface area (Å²) in [5.74, 6) is 0.359. The number of carbonyl (C=O) groups is 2. The van der Waals surface area contributed by atoms with E-state index in [2.05, 4.69) is 21.2 Å². The van der Waals surface area contributed by atoms with Crippen molar-refractivity contribution in [3.8, 4) is 5.75 Å². The summed E-state index contributed by atoms with van der Waals surface area (Å²) in [6, 6.07) is 5.14. The van der Waals surface area contributed by atoms with Gasteiger partial charge in [0, 0.05) is 12.2 Å². The molecule has 6 heteroatoms. The zero-order chi connectivity index (χ0) is 17.5. The summed E-state index contributed by atoms with van der Waals surface area (Å²) in [6.45, 7) is 4.97. The first-order chi connectivity index (χ1) is 11.6.